The summed E-state index contributed by atoms with van der Waals surface area (Å²) in [6.07, 6.45) is -2.84. The van der Waals surface area contributed by atoms with Crippen LogP contribution in [0.15, 0.2) is 29.8 Å². The van der Waals surface area contributed by atoms with Crippen molar-refractivity contribution >= 4 is 29.2 Å². The Kier molecular flexibility index (Phi) is 4.52. The molecule has 1 aliphatic carbocycles. The van der Waals surface area contributed by atoms with Crippen molar-refractivity contribution < 1.29 is 22.8 Å². The van der Waals surface area contributed by atoms with Crippen molar-refractivity contribution in [3.8, 4) is 0 Å². The Morgan fingerprint density at radius 1 is 1.29 bits per heavy atom. The second kappa shape index (κ2) is 6.02. The maximum atomic E-state index is 12.5. The Morgan fingerprint density at radius 2 is 1.95 bits per heavy atom. The van der Waals surface area contributed by atoms with Gasteiger partial charge in [-0.3, -0.25) is 9.59 Å². The minimum atomic E-state index is -4.98. The molecule has 1 unspecified atom stereocenters. The molecule has 1 aromatic carbocycles. The first-order valence-electron chi connectivity index (χ1n) is 6.41. The number of alkyl halides is 3. The molecule has 0 amide bonds. The second-order valence-electron chi connectivity index (χ2n) is 4.86. The molecule has 0 spiro atoms. The van der Waals surface area contributed by atoms with Gasteiger partial charge >= 0.3 is 6.18 Å². The van der Waals surface area contributed by atoms with Crippen molar-refractivity contribution in [3.05, 3.63) is 40.4 Å². The lowest BCUT2D eigenvalue weighted by Crippen LogP contribution is -2.37. The van der Waals surface area contributed by atoms with Gasteiger partial charge in [0.2, 0.25) is 5.78 Å². The Labute approximate surface area is 124 Å². The van der Waals surface area contributed by atoms with Gasteiger partial charge < -0.3 is 0 Å². The standard InChI is InChI=1S/C15H12ClF3O2/c16-12-7-2-1-4-9(12)8-10-5-3-6-11(13(10)20)14(21)15(17,18)19/h1-2,4,7-8,11H,3,5-6H2/b10-8+. The van der Waals surface area contributed by atoms with Gasteiger partial charge in [0.25, 0.3) is 0 Å². The summed E-state index contributed by atoms with van der Waals surface area (Å²) in [5.41, 5.74) is 0.777. The maximum absolute atomic E-state index is 12.5. The van der Waals surface area contributed by atoms with Gasteiger partial charge in [0.15, 0.2) is 5.78 Å². The molecule has 1 atom stereocenters. The minimum Gasteiger partial charge on any atom is -0.294 e. The highest BCUT2D eigenvalue weighted by Gasteiger charge is 2.47. The lowest BCUT2D eigenvalue weighted by molar-refractivity contribution is -0.176. The SMILES string of the molecule is O=C1/C(=C/c2ccccc2Cl)CCCC1C(=O)C(F)(F)F. The zero-order valence-electron chi connectivity index (χ0n) is 10.9. The third kappa shape index (κ3) is 3.53. The van der Waals surface area contributed by atoms with Crippen molar-refractivity contribution in [1.82, 2.24) is 0 Å². The molecule has 0 saturated heterocycles. The van der Waals surface area contributed by atoms with Gasteiger partial charge in [0, 0.05) is 5.02 Å². The number of allylic oxidation sites excluding steroid dienone is 1. The molecule has 1 aliphatic rings. The van der Waals surface area contributed by atoms with E-state index in [1.54, 1.807) is 24.3 Å². The third-order valence-electron chi connectivity index (χ3n) is 3.40. The summed E-state index contributed by atoms with van der Waals surface area (Å²) < 4.78 is 37.4. The van der Waals surface area contributed by atoms with E-state index in [1.807, 2.05) is 0 Å². The van der Waals surface area contributed by atoms with Crippen molar-refractivity contribution in [2.45, 2.75) is 25.4 Å². The lowest BCUT2D eigenvalue weighted by Gasteiger charge is -2.22. The summed E-state index contributed by atoms with van der Waals surface area (Å²) in [5.74, 6) is -4.33. The molecule has 6 heteroatoms. The molecule has 0 aromatic heterocycles. The third-order valence-corrected chi connectivity index (χ3v) is 3.75. The van der Waals surface area contributed by atoms with Crippen LogP contribution in [-0.4, -0.2) is 17.7 Å². The number of hydrogen-bond acceptors (Lipinski definition) is 2. The summed E-state index contributed by atoms with van der Waals surface area (Å²) in [4.78, 5) is 23.4. The molecule has 1 fully saturated rings. The normalized spacial score (nSPS) is 21.6. The summed E-state index contributed by atoms with van der Waals surface area (Å²) in [6.45, 7) is 0. The number of halogens is 4. The van der Waals surface area contributed by atoms with Crippen LogP contribution in [0.2, 0.25) is 5.02 Å². The van der Waals surface area contributed by atoms with Crippen LogP contribution in [0.3, 0.4) is 0 Å². The molecule has 0 aliphatic heterocycles. The van der Waals surface area contributed by atoms with Crippen molar-refractivity contribution in [2.24, 2.45) is 5.92 Å². The molecule has 2 nitrogen and oxygen atoms in total. The Morgan fingerprint density at radius 3 is 2.57 bits per heavy atom. The molecule has 0 bridgehead atoms. The molecule has 21 heavy (non-hydrogen) atoms. The van der Waals surface area contributed by atoms with Crippen LogP contribution in [-0.2, 0) is 9.59 Å². The van der Waals surface area contributed by atoms with Crippen molar-refractivity contribution in [3.63, 3.8) is 0 Å². The summed E-state index contributed by atoms with van der Waals surface area (Å²) in [6, 6.07) is 6.71. The highest BCUT2D eigenvalue weighted by atomic mass is 35.5. The predicted molar refractivity (Wildman–Crippen MR) is 72.8 cm³/mol. The Hall–Kier alpha value is -1.62. The topological polar surface area (TPSA) is 34.1 Å². The minimum absolute atomic E-state index is 0.0585. The molecule has 112 valence electrons. The fourth-order valence-corrected chi connectivity index (χ4v) is 2.54. The van der Waals surface area contributed by atoms with E-state index in [9.17, 15) is 22.8 Å². The summed E-state index contributed by atoms with van der Waals surface area (Å²) in [5, 5.41) is 0.405. The average molecular weight is 317 g/mol. The van der Waals surface area contributed by atoms with Gasteiger partial charge in [-0.15, -0.1) is 0 Å². The number of Topliss-reactive ketones (excluding diaryl/α,β-unsaturated/α-hetero) is 2. The van der Waals surface area contributed by atoms with E-state index in [1.165, 1.54) is 6.08 Å². The van der Waals surface area contributed by atoms with Crippen LogP contribution < -0.4 is 0 Å². The van der Waals surface area contributed by atoms with Gasteiger partial charge in [0.1, 0.15) is 0 Å². The van der Waals surface area contributed by atoms with E-state index >= 15 is 0 Å². The predicted octanol–water partition coefficient (Wildman–Crippen LogP) is 4.22. The van der Waals surface area contributed by atoms with Crippen LogP contribution in [0.1, 0.15) is 24.8 Å². The molecule has 0 heterocycles. The fourth-order valence-electron chi connectivity index (χ4n) is 2.35. The Balaban J connectivity index is 2.29. The van der Waals surface area contributed by atoms with Crippen LogP contribution >= 0.6 is 11.6 Å². The van der Waals surface area contributed by atoms with Gasteiger partial charge in [-0.2, -0.15) is 13.2 Å². The molecule has 0 radical (unpaired) electrons. The lowest BCUT2D eigenvalue weighted by atomic mass is 9.81. The summed E-state index contributed by atoms with van der Waals surface area (Å²) >= 11 is 5.96. The van der Waals surface area contributed by atoms with E-state index in [0.29, 0.717) is 23.4 Å². The van der Waals surface area contributed by atoms with E-state index in [2.05, 4.69) is 0 Å². The van der Waals surface area contributed by atoms with Gasteiger partial charge in [0.05, 0.1) is 5.92 Å². The van der Waals surface area contributed by atoms with Gasteiger partial charge in [-0.1, -0.05) is 29.8 Å². The van der Waals surface area contributed by atoms with E-state index in [4.69, 9.17) is 11.6 Å². The largest absolute Gasteiger partial charge is 0.450 e. The molecular formula is C15H12ClF3O2. The first-order chi connectivity index (χ1) is 9.80. The molecule has 1 aromatic rings. The van der Waals surface area contributed by atoms with Crippen molar-refractivity contribution in [1.29, 1.82) is 0 Å². The number of ketones is 2. The molecule has 1 saturated carbocycles. The fraction of sp³-hybridized carbons (Fsp3) is 0.333. The summed E-state index contributed by atoms with van der Waals surface area (Å²) in [7, 11) is 0. The van der Waals surface area contributed by atoms with Crippen LogP contribution in [0, 0.1) is 5.92 Å². The van der Waals surface area contributed by atoms with Crippen LogP contribution in [0.4, 0.5) is 13.2 Å². The quantitative estimate of drug-likeness (QED) is 0.604. The van der Waals surface area contributed by atoms with E-state index in [0.717, 1.165) is 0 Å². The average Bonchev–Trinajstić information content (AvgIpc) is 2.42. The Bertz CT molecular complexity index is 605. The zero-order valence-corrected chi connectivity index (χ0v) is 11.7. The van der Waals surface area contributed by atoms with Gasteiger partial charge in [-0.05, 0) is 42.5 Å². The van der Waals surface area contributed by atoms with Gasteiger partial charge in [-0.25, -0.2) is 0 Å². The second-order valence-corrected chi connectivity index (χ2v) is 5.27. The monoisotopic (exact) mass is 316 g/mol. The van der Waals surface area contributed by atoms with Crippen LogP contribution in [0.25, 0.3) is 6.08 Å². The number of hydrogen-bond donors (Lipinski definition) is 0. The first-order valence-corrected chi connectivity index (χ1v) is 6.79. The molecule has 0 N–H and O–H groups in total. The maximum Gasteiger partial charge on any atom is 0.450 e. The smallest absolute Gasteiger partial charge is 0.294 e. The highest BCUT2D eigenvalue weighted by molar-refractivity contribution is 6.32. The number of carbonyl (C=O) groups excluding carboxylic acids is 2. The van der Waals surface area contributed by atoms with Crippen LogP contribution in [0.5, 0.6) is 0 Å². The van der Waals surface area contributed by atoms with Crippen molar-refractivity contribution in [2.75, 3.05) is 0 Å². The van der Waals surface area contributed by atoms with E-state index < -0.39 is 23.7 Å². The first kappa shape index (κ1) is 15.8. The molecule has 2 rings (SSSR count). The number of carbonyl (C=O) groups is 2. The highest BCUT2D eigenvalue weighted by Crippen LogP contribution is 2.33. The molecular weight excluding hydrogens is 305 g/mol. The number of benzene rings is 1. The van der Waals surface area contributed by atoms with E-state index in [-0.39, 0.29) is 12.0 Å². The zero-order chi connectivity index (χ0) is 15.6. The number of rotatable bonds is 2.